The molecule has 0 nitrogen and oxygen atoms in total. The zero-order chi connectivity index (χ0) is 18.8. The van der Waals surface area contributed by atoms with Crippen molar-refractivity contribution in [1.29, 1.82) is 0 Å². The van der Waals surface area contributed by atoms with Gasteiger partial charge in [0.1, 0.15) is 0 Å². The SMILES string of the molecule is CCCc1ccc2c(c1)CCC(C1CCC3C[C@H](C=C(F)F)CC[C@@H]3C1)C2. The fourth-order valence-corrected chi connectivity index (χ4v) is 6.40. The molecular weight excluding hydrogens is 338 g/mol. The third-order valence-electron chi connectivity index (χ3n) is 7.80. The van der Waals surface area contributed by atoms with Crippen LogP contribution in [0, 0.1) is 29.6 Å². The van der Waals surface area contributed by atoms with Gasteiger partial charge in [-0.2, -0.15) is 8.78 Å². The van der Waals surface area contributed by atoms with E-state index in [1.165, 1.54) is 69.4 Å². The highest BCUT2D eigenvalue weighted by atomic mass is 19.3. The van der Waals surface area contributed by atoms with Gasteiger partial charge in [-0.05, 0) is 117 Å². The molecule has 0 heterocycles. The first-order valence-electron chi connectivity index (χ1n) is 11.3. The highest BCUT2D eigenvalue weighted by Gasteiger charge is 2.38. The van der Waals surface area contributed by atoms with Gasteiger partial charge in [-0.25, -0.2) is 0 Å². The van der Waals surface area contributed by atoms with Crippen LogP contribution in [0.5, 0.6) is 0 Å². The van der Waals surface area contributed by atoms with Crippen molar-refractivity contribution in [3.63, 3.8) is 0 Å². The van der Waals surface area contributed by atoms with E-state index in [0.717, 1.165) is 30.6 Å². The van der Waals surface area contributed by atoms with Crippen molar-refractivity contribution < 1.29 is 8.78 Å². The number of hydrogen-bond acceptors (Lipinski definition) is 0. The third-order valence-corrected chi connectivity index (χ3v) is 7.80. The van der Waals surface area contributed by atoms with Crippen molar-refractivity contribution >= 4 is 0 Å². The van der Waals surface area contributed by atoms with Gasteiger partial charge in [0.05, 0.1) is 0 Å². The molecule has 3 aliphatic carbocycles. The molecule has 4 rings (SSSR count). The predicted molar refractivity (Wildman–Crippen MR) is 108 cm³/mol. The van der Waals surface area contributed by atoms with E-state index in [1.54, 1.807) is 11.1 Å². The second-order valence-corrected chi connectivity index (χ2v) is 9.48. The summed E-state index contributed by atoms with van der Waals surface area (Å²) >= 11 is 0. The Bertz CT molecular complexity index is 673. The number of aryl methyl sites for hydroxylation is 2. The molecule has 2 fully saturated rings. The number of fused-ring (bicyclic) bond motifs is 2. The van der Waals surface area contributed by atoms with Gasteiger partial charge in [0, 0.05) is 0 Å². The maximum Gasteiger partial charge on any atom is 0.266 e. The molecule has 0 saturated heterocycles. The van der Waals surface area contributed by atoms with Crippen LogP contribution in [0.15, 0.2) is 30.4 Å². The fraction of sp³-hybridized carbons (Fsp3) is 0.680. The minimum Gasteiger partial charge on any atom is -0.174 e. The van der Waals surface area contributed by atoms with Gasteiger partial charge in [-0.1, -0.05) is 31.5 Å². The lowest BCUT2D eigenvalue weighted by Gasteiger charge is -2.44. The Morgan fingerprint density at radius 3 is 2.44 bits per heavy atom. The summed E-state index contributed by atoms with van der Waals surface area (Å²) in [6.45, 7) is 2.25. The third kappa shape index (κ3) is 4.46. The van der Waals surface area contributed by atoms with Crippen molar-refractivity contribution in [3.05, 3.63) is 47.0 Å². The number of benzene rings is 1. The molecule has 0 bridgehead atoms. The number of hydrogen-bond donors (Lipinski definition) is 0. The molecule has 0 N–H and O–H groups in total. The van der Waals surface area contributed by atoms with Gasteiger partial charge in [-0.15, -0.1) is 0 Å². The largest absolute Gasteiger partial charge is 0.266 e. The molecule has 3 aliphatic rings. The van der Waals surface area contributed by atoms with Crippen LogP contribution in [-0.2, 0) is 19.3 Å². The average molecular weight is 373 g/mol. The van der Waals surface area contributed by atoms with Crippen molar-refractivity contribution in [2.75, 3.05) is 0 Å². The van der Waals surface area contributed by atoms with Crippen LogP contribution in [0.3, 0.4) is 0 Å². The summed E-state index contributed by atoms with van der Waals surface area (Å²) in [6, 6.07) is 7.21. The summed E-state index contributed by atoms with van der Waals surface area (Å²) in [5, 5.41) is 0. The summed E-state index contributed by atoms with van der Waals surface area (Å²) in [6.07, 6.45) is 13.1. The van der Waals surface area contributed by atoms with E-state index in [9.17, 15) is 8.78 Å². The van der Waals surface area contributed by atoms with E-state index in [-0.39, 0.29) is 5.92 Å². The molecule has 5 atom stereocenters. The summed E-state index contributed by atoms with van der Waals surface area (Å²) < 4.78 is 25.2. The van der Waals surface area contributed by atoms with E-state index in [2.05, 4.69) is 25.1 Å². The topological polar surface area (TPSA) is 0 Å². The number of allylic oxidation sites excluding steroid dienone is 1. The maximum atomic E-state index is 12.6. The zero-order valence-electron chi connectivity index (χ0n) is 16.7. The lowest BCUT2D eigenvalue weighted by atomic mass is 9.61. The van der Waals surface area contributed by atoms with Gasteiger partial charge >= 0.3 is 0 Å². The van der Waals surface area contributed by atoms with Crippen LogP contribution < -0.4 is 0 Å². The minimum atomic E-state index is -1.48. The first-order chi connectivity index (χ1) is 13.1. The summed E-state index contributed by atoms with van der Waals surface area (Å²) in [5.74, 6) is 3.33. The Labute approximate surface area is 163 Å². The smallest absolute Gasteiger partial charge is 0.174 e. The minimum absolute atomic E-state index is 0.131. The van der Waals surface area contributed by atoms with Crippen LogP contribution in [0.25, 0.3) is 0 Å². The van der Waals surface area contributed by atoms with Gasteiger partial charge in [0.15, 0.2) is 0 Å². The monoisotopic (exact) mass is 372 g/mol. The van der Waals surface area contributed by atoms with E-state index < -0.39 is 6.08 Å². The van der Waals surface area contributed by atoms with Gasteiger partial charge in [-0.3, -0.25) is 0 Å². The fourth-order valence-electron chi connectivity index (χ4n) is 6.40. The molecule has 0 radical (unpaired) electrons. The molecule has 1 aromatic rings. The second-order valence-electron chi connectivity index (χ2n) is 9.48. The van der Waals surface area contributed by atoms with Crippen LogP contribution in [0.1, 0.15) is 75.0 Å². The molecule has 0 aromatic heterocycles. The lowest BCUT2D eigenvalue weighted by Crippen LogP contribution is -2.34. The van der Waals surface area contributed by atoms with Crippen molar-refractivity contribution in [1.82, 2.24) is 0 Å². The zero-order valence-corrected chi connectivity index (χ0v) is 16.7. The molecule has 3 unspecified atom stereocenters. The Hall–Kier alpha value is -1.18. The molecule has 1 aromatic carbocycles. The second kappa shape index (κ2) is 8.45. The van der Waals surface area contributed by atoms with Gasteiger partial charge < -0.3 is 0 Å². The van der Waals surface area contributed by atoms with E-state index in [4.69, 9.17) is 0 Å². The highest BCUT2D eigenvalue weighted by molar-refractivity contribution is 5.34. The van der Waals surface area contributed by atoms with Crippen LogP contribution in [-0.4, -0.2) is 0 Å². The first kappa shape index (κ1) is 19.2. The molecule has 2 heteroatoms. The van der Waals surface area contributed by atoms with E-state index >= 15 is 0 Å². The Morgan fingerprint density at radius 2 is 1.67 bits per heavy atom. The lowest BCUT2D eigenvalue weighted by molar-refractivity contribution is 0.0803. The van der Waals surface area contributed by atoms with Gasteiger partial charge in [0.2, 0.25) is 0 Å². The Kier molecular flexibility index (Phi) is 5.99. The van der Waals surface area contributed by atoms with Crippen molar-refractivity contribution in [2.45, 2.75) is 77.6 Å². The van der Waals surface area contributed by atoms with Crippen LogP contribution >= 0.6 is 0 Å². The average Bonchev–Trinajstić information content (AvgIpc) is 2.67. The number of halogens is 2. The molecule has 148 valence electrons. The number of rotatable bonds is 4. The summed E-state index contributed by atoms with van der Waals surface area (Å²) in [5.41, 5.74) is 4.71. The molecule has 0 spiro atoms. The molecular formula is C25H34F2. The van der Waals surface area contributed by atoms with E-state index in [1.807, 2.05) is 0 Å². The predicted octanol–water partition coefficient (Wildman–Crippen LogP) is 7.36. The molecule has 27 heavy (non-hydrogen) atoms. The van der Waals surface area contributed by atoms with Crippen molar-refractivity contribution in [3.8, 4) is 0 Å². The highest BCUT2D eigenvalue weighted by Crippen LogP contribution is 2.48. The maximum absolute atomic E-state index is 12.6. The Balaban J connectivity index is 1.36. The van der Waals surface area contributed by atoms with Crippen LogP contribution in [0.2, 0.25) is 0 Å². The Morgan fingerprint density at radius 1 is 0.926 bits per heavy atom. The molecule has 2 saturated carbocycles. The molecule has 0 amide bonds. The standard InChI is InChI=1S/C25H34F2/c1-2-3-17-4-6-21-15-23(10-8-19(21)12-17)24-11-9-20-13-18(14-25(26)27)5-7-22(20)16-24/h4,6,12,14,18,20,22-24H,2-3,5,7-11,13,15-16H2,1H3/t18-,20?,22-,23?,24?/m1/s1. The van der Waals surface area contributed by atoms with Crippen LogP contribution in [0.4, 0.5) is 8.78 Å². The first-order valence-corrected chi connectivity index (χ1v) is 11.3. The van der Waals surface area contributed by atoms with E-state index in [0.29, 0.717) is 5.92 Å². The normalized spacial score (nSPS) is 33.1. The quantitative estimate of drug-likeness (QED) is 0.518. The van der Waals surface area contributed by atoms with Crippen molar-refractivity contribution in [2.24, 2.45) is 29.6 Å². The van der Waals surface area contributed by atoms with Gasteiger partial charge in [0.25, 0.3) is 6.08 Å². The summed E-state index contributed by atoms with van der Waals surface area (Å²) in [7, 11) is 0. The summed E-state index contributed by atoms with van der Waals surface area (Å²) in [4.78, 5) is 0. The molecule has 0 aliphatic heterocycles.